The summed E-state index contributed by atoms with van der Waals surface area (Å²) in [5.74, 6) is 0. The van der Waals surface area contributed by atoms with E-state index < -0.39 is 0 Å². The van der Waals surface area contributed by atoms with Gasteiger partial charge in [0.05, 0.1) is 0 Å². The fourth-order valence-corrected chi connectivity index (χ4v) is 2.97. The summed E-state index contributed by atoms with van der Waals surface area (Å²) in [6.45, 7) is 2.75. The van der Waals surface area contributed by atoms with Crippen LogP contribution in [0.15, 0.2) is 72.3 Å². The van der Waals surface area contributed by atoms with Gasteiger partial charge in [-0.1, -0.05) is 42.5 Å². The summed E-state index contributed by atoms with van der Waals surface area (Å²) >= 11 is 0. The number of anilines is 2. The second kappa shape index (κ2) is 7.84. The molecule has 0 spiro atoms. The van der Waals surface area contributed by atoms with E-state index in [1.54, 1.807) is 0 Å². The zero-order valence-corrected chi connectivity index (χ0v) is 14.0. The molecule has 0 heterocycles. The molecule has 1 aliphatic rings. The molecule has 24 heavy (non-hydrogen) atoms. The van der Waals surface area contributed by atoms with Crippen molar-refractivity contribution in [1.29, 1.82) is 0 Å². The van der Waals surface area contributed by atoms with Gasteiger partial charge in [0, 0.05) is 31.0 Å². The lowest BCUT2D eigenvalue weighted by Gasteiger charge is -2.24. The van der Waals surface area contributed by atoms with Crippen molar-refractivity contribution in [3.05, 3.63) is 83.5 Å². The van der Waals surface area contributed by atoms with Crippen LogP contribution in [0.25, 0.3) is 0 Å². The molecule has 3 rings (SSSR count). The predicted molar refractivity (Wildman–Crippen MR) is 102 cm³/mol. The lowest BCUT2D eigenvalue weighted by molar-refractivity contribution is 0.281. The van der Waals surface area contributed by atoms with Gasteiger partial charge < -0.3 is 11.5 Å². The van der Waals surface area contributed by atoms with E-state index in [1.165, 1.54) is 16.7 Å². The summed E-state index contributed by atoms with van der Waals surface area (Å²) in [6, 6.07) is 16.3. The van der Waals surface area contributed by atoms with Crippen LogP contribution in [0.2, 0.25) is 0 Å². The monoisotopic (exact) mass is 319 g/mol. The van der Waals surface area contributed by atoms with Crippen molar-refractivity contribution in [2.45, 2.75) is 25.9 Å². The SMILES string of the molecule is Nc1ccc(CN(CC2=CCCC=C2)Cc2ccc(N)cc2)cc1. The minimum absolute atomic E-state index is 0.807. The van der Waals surface area contributed by atoms with Crippen molar-refractivity contribution < 1.29 is 0 Å². The molecule has 0 fully saturated rings. The van der Waals surface area contributed by atoms with E-state index in [1.807, 2.05) is 24.3 Å². The van der Waals surface area contributed by atoms with Crippen molar-refractivity contribution in [1.82, 2.24) is 4.90 Å². The second-order valence-corrected chi connectivity index (χ2v) is 6.39. The molecule has 1 aliphatic carbocycles. The number of nitrogens with zero attached hydrogens (tertiary/aromatic N) is 1. The van der Waals surface area contributed by atoms with Gasteiger partial charge in [0.2, 0.25) is 0 Å². The highest BCUT2D eigenvalue weighted by Gasteiger charge is 2.10. The topological polar surface area (TPSA) is 55.3 Å². The molecule has 0 aliphatic heterocycles. The molecule has 2 aromatic carbocycles. The molecule has 4 N–H and O–H groups in total. The highest BCUT2D eigenvalue weighted by molar-refractivity contribution is 5.40. The summed E-state index contributed by atoms with van der Waals surface area (Å²) in [5, 5.41) is 0. The number of nitrogen functional groups attached to an aromatic ring is 2. The predicted octanol–water partition coefficient (Wildman–Crippen LogP) is 4.13. The minimum Gasteiger partial charge on any atom is -0.399 e. The van der Waals surface area contributed by atoms with Gasteiger partial charge in [-0.05, 0) is 53.8 Å². The normalized spacial score (nSPS) is 14.0. The van der Waals surface area contributed by atoms with Gasteiger partial charge >= 0.3 is 0 Å². The first-order valence-corrected chi connectivity index (χ1v) is 8.46. The molecule has 3 heteroatoms. The molecule has 0 aromatic heterocycles. The van der Waals surface area contributed by atoms with Crippen LogP contribution >= 0.6 is 0 Å². The van der Waals surface area contributed by atoms with Crippen molar-refractivity contribution in [2.75, 3.05) is 18.0 Å². The minimum atomic E-state index is 0.807. The van der Waals surface area contributed by atoms with E-state index in [-0.39, 0.29) is 0 Å². The van der Waals surface area contributed by atoms with E-state index in [4.69, 9.17) is 11.5 Å². The number of nitrogens with two attached hydrogens (primary N) is 2. The zero-order valence-electron chi connectivity index (χ0n) is 14.0. The van der Waals surface area contributed by atoms with Crippen molar-refractivity contribution in [3.63, 3.8) is 0 Å². The van der Waals surface area contributed by atoms with Crippen LogP contribution in [0.1, 0.15) is 24.0 Å². The molecule has 0 radical (unpaired) electrons. The van der Waals surface area contributed by atoms with E-state index in [0.29, 0.717) is 0 Å². The van der Waals surface area contributed by atoms with Crippen LogP contribution in [-0.2, 0) is 13.1 Å². The zero-order chi connectivity index (χ0) is 16.8. The molecule has 0 bridgehead atoms. The molecule has 124 valence electrons. The third-order valence-electron chi connectivity index (χ3n) is 4.25. The van der Waals surface area contributed by atoms with Crippen LogP contribution < -0.4 is 11.5 Å². The molecule has 0 saturated heterocycles. The largest absolute Gasteiger partial charge is 0.399 e. The smallest absolute Gasteiger partial charge is 0.0314 e. The Morgan fingerprint density at radius 1 is 0.708 bits per heavy atom. The van der Waals surface area contributed by atoms with Gasteiger partial charge in [0.15, 0.2) is 0 Å². The Labute approximate surface area is 144 Å². The number of hydrogen-bond donors (Lipinski definition) is 2. The molecule has 0 saturated carbocycles. The lowest BCUT2D eigenvalue weighted by atomic mass is 10.1. The average Bonchev–Trinajstić information content (AvgIpc) is 2.60. The Morgan fingerprint density at radius 3 is 1.71 bits per heavy atom. The highest BCUT2D eigenvalue weighted by Crippen LogP contribution is 2.17. The molecule has 3 nitrogen and oxygen atoms in total. The molecule has 0 atom stereocenters. The Hall–Kier alpha value is -2.52. The Kier molecular flexibility index (Phi) is 5.34. The third kappa shape index (κ3) is 4.74. The van der Waals surface area contributed by atoms with Gasteiger partial charge in [-0.15, -0.1) is 0 Å². The van der Waals surface area contributed by atoms with Crippen LogP contribution in [0.3, 0.4) is 0 Å². The number of hydrogen-bond acceptors (Lipinski definition) is 3. The standard InChI is InChI=1S/C21H25N3/c22-20-10-6-18(7-11-20)15-24(14-17-4-2-1-3-5-17)16-19-8-12-21(23)13-9-19/h2,4-13H,1,3,14-16,22-23H2. The van der Waals surface area contributed by atoms with Crippen LogP contribution in [0.4, 0.5) is 11.4 Å². The highest BCUT2D eigenvalue weighted by atomic mass is 15.1. The van der Waals surface area contributed by atoms with Gasteiger partial charge in [0.25, 0.3) is 0 Å². The van der Waals surface area contributed by atoms with Crippen LogP contribution in [0.5, 0.6) is 0 Å². The fourth-order valence-electron chi connectivity index (χ4n) is 2.97. The molecule has 2 aromatic rings. The fraction of sp³-hybridized carbons (Fsp3) is 0.238. The summed E-state index contributed by atoms with van der Waals surface area (Å²) in [6.07, 6.45) is 9.16. The maximum absolute atomic E-state index is 5.80. The quantitative estimate of drug-likeness (QED) is 0.787. The lowest BCUT2D eigenvalue weighted by Crippen LogP contribution is -2.25. The molecule has 0 unspecified atom stereocenters. The second-order valence-electron chi connectivity index (χ2n) is 6.39. The molecule has 0 amide bonds. The van der Waals surface area contributed by atoms with Gasteiger partial charge in [-0.25, -0.2) is 0 Å². The Morgan fingerprint density at radius 2 is 1.25 bits per heavy atom. The Bertz CT molecular complexity index is 664. The van der Waals surface area contributed by atoms with Gasteiger partial charge in [0.1, 0.15) is 0 Å². The third-order valence-corrected chi connectivity index (χ3v) is 4.25. The maximum Gasteiger partial charge on any atom is 0.0314 e. The number of allylic oxidation sites excluding steroid dienone is 2. The van der Waals surface area contributed by atoms with Crippen molar-refractivity contribution in [2.24, 2.45) is 0 Å². The van der Waals surface area contributed by atoms with Crippen molar-refractivity contribution >= 4 is 11.4 Å². The van der Waals surface area contributed by atoms with Crippen LogP contribution in [-0.4, -0.2) is 11.4 Å². The maximum atomic E-state index is 5.80. The van der Waals surface area contributed by atoms with E-state index in [2.05, 4.69) is 47.4 Å². The van der Waals surface area contributed by atoms with Crippen molar-refractivity contribution in [3.8, 4) is 0 Å². The van der Waals surface area contributed by atoms with E-state index in [0.717, 1.165) is 43.9 Å². The molecular weight excluding hydrogens is 294 g/mol. The summed E-state index contributed by atoms with van der Waals surface area (Å²) in [7, 11) is 0. The first kappa shape index (κ1) is 16.3. The number of rotatable bonds is 6. The first-order chi connectivity index (χ1) is 11.7. The first-order valence-electron chi connectivity index (χ1n) is 8.46. The summed E-state index contributed by atoms with van der Waals surface area (Å²) < 4.78 is 0. The van der Waals surface area contributed by atoms with Gasteiger partial charge in [-0.3, -0.25) is 4.90 Å². The number of benzene rings is 2. The van der Waals surface area contributed by atoms with Gasteiger partial charge in [-0.2, -0.15) is 0 Å². The van der Waals surface area contributed by atoms with E-state index >= 15 is 0 Å². The average molecular weight is 319 g/mol. The van der Waals surface area contributed by atoms with E-state index in [9.17, 15) is 0 Å². The van der Waals surface area contributed by atoms with Crippen LogP contribution in [0, 0.1) is 0 Å². The Balaban J connectivity index is 1.74. The summed E-state index contributed by atoms with van der Waals surface area (Å²) in [4.78, 5) is 2.46. The summed E-state index contributed by atoms with van der Waals surface area (Å²) in [5.41, 5.74) is 17.2. The molecular formula is C21H25N3.